The van der Waals surface area contributed by atoms with Crippen LogP contribution in [0.2, 0.25) is 5.15 Å². The van der Waals surface area contributed by atoms with Crippen LogP contribution < -0.4 is 4.72 Å². The number of hydrogen-bond donors (Lipinski definition) is 1. The Kier molecular flexibility index (Phi) is 4.76. The Morgan fingerprint density at radius 1 is 1.10 bits per heavy atom. The first kappa shape index (κ1) is 19.6. The molecule has 0 saturated carbocycles. The Balaban J connectivity index is 1.74. The lowest BCUT2D eigenvalue weighted by molar-refractivity contribution is 0.551. The number of pyridine rings is 1. The normalized spacial score (nSPS) is 11.4. The van der Waals surface area contributed by atoms with Gasteiger partial charge in [0.05, 0.1) is 18.1 Å². The summed E-state index contributed by atoms with van der Waals surface area (Å²) in [5, 5.41) is 13.1. The predicted molar refractivity (Wildman–Crippen MR) is 101 cm³/mol. The molecule has 0 aliphatic rings. The number of halogens is 3. The van der Waals surface area contributed by atoms with E-state index in [0.717, 1.165) is 12.1 Å². The summed E-state index contributed by atoms with van der Waals surface area (Å²) in [6, 6.07) is 5.29. The van der Waals surface area contributed by atoms with Gasteiger partial charge in [-0.25, -0.2) is 32.2 Å². The first-order valence-electron chi connectivity index (χ1n) is 8.03. The van der Waals surface area contributed by atoms with Crippen molar-refractivity contribution in [2.24, 2.45) is 0 Å². The van der Waals surface area contributed by atoms with Crippen molar-refractivity contribution in [2.45, 2.75) is 4.90 Å². The smallest absolute Gasteiger partial charge is 0.264 e. The quantitative estimate of drug-likeness (QED) is 0.476. The third kappa shape index (κ3) is 3.51. The molecule has 4 aromatic rings. The van der Waals surface area contributed by atoms with Gasteiger partial charge in [0.25, 0.3) is 15.8 Å². The van der Waals surface area contributed by atoms with E-state index in [1.165, 1.54) is 29.2 Å². The number of aromatic nitrogens is 5. The molecule has 0 spiro atoms. The van der Waals surface area contributed by atoms with Crippen molar-refractivity contribution in [1.82, 2.24) is 24.6 Å². The molecule has 0 saturated heterocycles. The molecule has 0 bridgehead atoms. The molecule has 1 aromatic carbocycles. The molecule has 3 heterocycles. The fourth-order valence-corrected chi connectivity index (χ4v) is 3.86. The molecular formula is C17H8ClF2N7O2S. The Labute approximate surface area is 172 Å². The van der Waals surface area contributed by atoms with E-state index in [1.807, 2.05) is 6.07 Å². The van der Waals surface area contributed by atoms with Gasteiger partial charge in [-0.2, -0.15) is 14.9 Å². The topological polar surface area (TPSA) is 126 Å². The minimum Gasteiger partial charge on any atom is -0.276 e. The first-order valence-corrected chi connectivity index (χ1v) is 9.89. The Morgan fingerprint density at radius 2 is 1.87 bits per heavy atom. The van der Waals surface area contributed by atoms with Crippen molar-refractivity contribution >= 4 is 33.1 Å². The molecule has 4 rings (SSSR count). The summed E-state index contributed by atoms with van der Waals surface area (Å²) in [6.45, 7) is 0. The van der Waals surface area contributed by atoms with Crippen molar-refractivity contribution in [2.75, 3.05) is 4.72 Å². The second kappa shape index (κ2) is 7.29. The molecule has 30 heavy (non-hydrogen) atoms. The van der Waals surface area contributed by atoms with E-state index >= 15 is 0 Å². The molecule has 150 valence electrons. The monoisotopic (exact) mass is 447 g/mol. The van der Waals surface area contributed by atoms with Crippen molar-refractivity contribution in [3.05, 3.63) is 65.3 Å². The fourth-order valence-electron chi connectivity index (χ4n) is 2.54. The second-order valence-electron chi connectivity index (χ2n) is 5.85. The Hall–Kier alpha value is -3.69. The number of hydrogen-bond acceptors (Lipinski definition) is 7. The van der Waals surface area contributed by atoms with Crippen LogP contribution in [-0.2, 0) is 10.0 Å². The number of nitriles is 1. The summed E-state index contributed by atoms with van der Waals surface area (Å²) < 4.78 is 55.4. The summed E-state index contributed by atoms with van der Waals surface area (Å²) in [6.07, 6.45) is 3.97. The van der Waals surface area contributed by atoms with E-state index in [-0.39, 0.29) is 28.0 Å². The van der Waals surface area contributed by atoms with E-state index in [2.05, 4.69) is 24.8 Å². The number of fused-ring (bicyclic) bond motifs is 1. The van der Waals surface area contributed by atoms with Gasteiger partial charge in [-0.05, 0) is 18.2 Å². The van der Waals surface area contributed by atoms with Gasteiger partial charge >= 0.3 is 0 Å². The molecule has 0 unspecified atom stereocenters. The number of nitrogens with zero attached hydrogens (tertiary/aromatic N) is 6. The SMILES string of the molecule is N#Cc1cnc2ncc(-c3cnc(Cl)c(NS(=O)(=O)c4ccc(F)cc4F)c3)nn12. The van der Waals surface area contributed by atoms with E-state index < -0.39 is 26.6 Å². The summed E-state index contributed by atoms with van der Waals surface area (Å²) in [5.41, 5.74) is 0.540. The highest BCUT2D eigenvalue weighted by atomic mass is 35.5. The zero-order valence-corrected chi connectivity index (χ0v) is 16.2. The molecule has 0 radical (unpaired) electrons. The summed E-state index contributed by atoms with van der Waals surface area (Å²) >= 11 is 5.98. The third-order valence-corrected chi connectivity index (χ3v) is 5.61. The molecule has 1 N–H and O–H groups in total. The summed E-state index contributed by atoms with van der Waals surface area (Å²) in [4.78, 5) is 11.1. The maximum atomic E-state index is 13.9. The average Bonchev–Trinajstić information content (AvgIpc) is 3.11. The highest BCUT2D eigenvalue weighted by Gasteiger charge is 2.22. The Bertz CT molecular complexity index is 1450. The first-order chi connectivity index (χ1) is 14.3. The molecule has 0 fully saturated rings. The molecule has 0 aliphatic carbocycles. The number of imidazole rings is 1. The van der Waals surface area contributed by atoms with Crippen LogP contribution in [0.1, 0.15) is 5.69 Å². The van der Waals surface area contributed by atoms with Gasteiger partial charge in [0.2, 0.25) is 0 Å². The molecule has 0 aliphatic heterocycles. The molecule has 3 aromatic heterocycles. The largest absolute Gasteiger partial charge is 0.276 e. The number of nitrogens with one attached hydrogen (secondary N) is 1. The van der Waals surface area contributed by atoms with E-state index in [1.54, 1.807) is 0 Å². The van der Waals surface area contributed by atoms with Crippen LogP contribution in [0.4, 0.5) is 14.5 Å². The molecule has 13 heteroatoms. The minimum absolute atomic E-state index is 0.147. The van der Waals surface area contributed by atoms with Crippen LogP contribution in [0.3, 0.4) is 0 Å². The van der Waals surface area contributed by atoms with Crippen LogP contribution >= 0.6 is 11.6 Å². The van der Waals surface area contributed by atoms with Crippen molar-refractivity contribution in [3.63, 3.8) is 0 Å². The average molecular weight is 448 g/mol. The van der Waals surface area contributed by atoms with E-state index in [0.29, 0.717) is 11.6 Å². The van der Waals surface area contributed by atoms with Gasteiger partial charge < -0.3 is 0 Å². The van der Waals surface area contributed by atoms with Gasteiger partial charge in [0, 0.05) is 17.8 Å². The maximum Gasteiger partial charge on any atom is 0.264 e. The molecule has 9 nitrogen and oxygen atoms in total. The highest BCUT2D eigenvalue weighted by Crippen LogP contribution is 2.28. The lowest BCUT2D eigenvalue weighted by Gasteiger charge is -2.11. The van der Waals surface area contributed by atoms with E-state index in [4.69, 9.17) is 16.9 Å². The van der Waals surface area contributed by atoms with Crippen LogP contribution in [0.15, 0.2) is 47.8 Å². The zero-order chi connectivity index (χ0) is 21.5. The summed E-state index contributed by atoms with van der Waals surface area (Å²) in [7, 11) is -4.43. The lowest BCUT2D eigenvalue weighted by atomic mass is 10.2. The van der Waals surface area contributed by atoms with Gasteiger partial charge in [0.1, 0.15) is 28.3 Å². The number of sulfonamides is 1. The molecule has 0 amide bonds. The van der Waals surface area contributed by atoms with E-state index in [9.17, 15) is 17.2 Å². The van der Waals surface area contributed by atoms with Crippen LogP contribution in [0.5, 0.6) is 0 Å². The van der Waals surface area contributed by atoms with Gasteiger partial charge in [-0.3, -0.25) is 4.72 Å². The second-order valence-corrected chi connectivity index (χ2v) is 7.86. The fraction of sp³-hybridized carbons (Fsp3) is 0. The van der Waals surface area contributed by atoms with Crippen molar-refractivity contribution in [1.29, 1.82) is 5.26 Å². The van der Waals surface area contributed by atoms with Crippen molar-refractivity contribution in [3.8, 4) is 17.3 Å². The lowest BCUT2D eigenvalue weighted by Crippen LogP contribution is -2.15. The van der Waals surface area contributed by atoms with Crippen LogP contribution in [-0.4, -0.2) is 33.0 Å². The zero-order valence-electron chi connectivity index (χ0n) is 14.6. The highest BCUT2D eigenvalue weighted by molar-refractivity contribution is 7.92. The summed E-state index contributed by atoms with van der Waals surface area (Å²) in [5.74, 6) is -1.98. The maximum absolute atomic E-state index is 13.9. The molecule has 0 atom stereocenters. The van der Waals surface area contributed by atoms with Gasteiger partial charge in [-0.15, -0.1) is 0 Å². The van der Waals surface area contributed by atoms with Gasteiger partial charge in [0.15, 0.2) is 10.8 Å². The van der Waals surface area contributed by atoms with Gasteiger partial charge in [-0.1, -0.05) is 11.6 Å². The number of anilines is 1. The number of rotatable bonds is 4. The van der Waals surface area contributed by atoms with Crippen LogP contribution in [0.25, 0.3) is 17.0 Å². The molecular weight excluding hydrogens is 440 g/mol. The predicted octanol–water partition coefficient (Wildman–Crippen LogP) is 2.79. The third-order valence-electron chi connectivity index (χ3n) is 3.91. The van der Waals surface area contributed by atoms with Crippen molar-refractivity contribution < 1.29 is 17.2 Å². The minimum atomic E-state index is -4.43. The standard InChI is InChI=1S/C17H8ClF2N7O2S/c18-16-13(26-30(28,29)15-2-1-10(19)4-12(15)20)3-9(6-22-16)14-8-24-17-23-7-11(5-21)27(17)25-14/h1-4,6-8,26H. The number of benzene rings is 1. The van der Waals surface area contributed by atoms with Crippen LogP contribution in [0, 0.1) is 23.0 Å². The Morgan fingerprint density at radius 3 is 2.60 bits per heavy atom.